The molecule has 2 unspecified atom stereocenters. The minimum Gasteiger partial charge on any atom is -0.332 e. The number of halogens is 1. The zero-order valence-electron chi connectivity index (χ0n) is 15.5. The maximum atomic E-state index is 12.8. The molecule has 1 aromatic rings. The Bertz CT molecular complexity index is 729. The van der Waals surface area contributed by atoms with E-state index in [9.17, 15) is 13.2 Å². The Hall–Kier alpha value is -0.670. The number of rotatable bonds is 3. The Kier molecular flexibility index (Phi) is 7.12. The van der Waals surface area contributed by atoms with Crippen molar-refractivity contribution in [2.45, 2.75) is 49.9 Å². The maximum Gasteiger partial charge on any atom is 0.264 e. The Morgan fingerprint density at radius 3 is 2.46 bits per heavy atom. The van der Waals surface area contributed by atoms with Crippen molar-refractivity contribution in [3.8, 4) is 0 Å². The zero-order chi connectivity index (χ0) is 18.2. The van der Waals surface area contributed by atoms with Crippen LogP contribution < -0.4 is 5.32 Å². The van der Waals surface area contributed by atoms with Crippen LogP contribution in [0.3, 0.4) is 0 Å². The lowest BCUT2D eigenvalue weighted by atomic mass is 10.0. The molecular weight excluding hydrogens is 394 g/mol. The summed E-state index contributed by atoms with van der Waals surface area (Å²) in [7, 11) is -3.48. The molecule has 1 aromatic heterocycles. The third kappa shape index (κ3) is 4.25. The number of hydrogen-bond donors (Lipinski definition) is 1. The van der Waals surface area contributed by atoms with E-state index in [0.29, 0.717) is 30.4 Å². The Labute approximate surface area is 166 Å². The molecule has 2 saturated heterocycles. The van der Waals surface area contributed by atoms with Gasteiger partial charge in [-0.1, -0.05) is 6.92 Å². The number of nitrogens with one attached hydrogen (secondary N) is 1. The van der Waals surface area contributed by atoms with Crippen molar-refractivity contribution in [1.29, 1.82) is 0 Å². The molecule has 0 spiro atoms. The monoisotopic (exact) mass is 421 g/mol. The summed E-state index contributed by atoms with van der Waals surface area (Å²) in [5, 5.41) is 3.35. The second-order valence-corrected chi connectivity index (χ2v) is 10.4. The van der Waals surface area contributed by atoms with Gasteiger partial charge in [0.1, 0.15) is 4.21 Å². The van der Waals surface area contributed by atoms with Crippen LogP contribution in [0.5, 0.6) is 0 Å². The van der Waals surface area contributed by atoms with Gasteiger partial charge < -0.3 is 10.2 Å². The number of amides is 1. The highest BCUT2D eigenvalue weighted by Crippen LogP contribution is 2.29. The molecule has 0 radical (unpaired) electrons. The second kappa shape index (κ2) is 8.56. The minimum absolute atomic E-state index is 0. The fourth-order valence-electron chi connectivity index (χ4n) is 3.41. The highest BCUT2D eigenvalue weighted by molar-refractivity contribution is 7.91. The van der Waals surface area contributed by atoms with Crippen LogP contribution in [0.25, 0.3) is 0 Å². The average molecular weight is 422 g/mol. The van der Waals surface area contributed by atoms with Gasteiger partial charge in [0.15, 0.2) is 0 Å². The number of piperidine rings is 1. The van der Waals surface area contributed by atoms with E-state index < -0.39 is 10.0 Å². The van der Waals surface area contributed by atoms with E-state index in [4.69, 9.17) is 0 Å². The van der Waals surface area contributed by atoms with E-state index in [1.54, 1.807) is 16.4 Å². The number of carbonyl (C=O) groups is 1. The molecule has 2 aliphatic heterocycles. The summed E-state index contributed by atoms with van der Waals surface area (Å²) in [5.74, 6) is 0.502. The van der Waals surface area contributed by atoms with E-state index in [2.05, 4.69) is 19.2 Å². The molecule has 26 heavy (non-hydrogen) atoms. The van der Waals surface area contributed by atoms with Crippen LogP contribution in [0.1, 0.15) is 43.3 Å². The molecule has 1 amide bonds. The van der Waals surface area contributed by atoms with Crippen molar-refractivity contribution in [3.05, 3.63) is 17.0 Å². The number of hydrogen-bond acceptors (Lipinski definition) is 5. The predicted molar refractivity (Wildman–Crippen MR) is 107 cm³/mol. The number of piperazine rings is 1. The number of thiophene rings is 1. The highest BCUT2D eigenvalue weighted by Gasteiger charge is 2.32. The van der Waals surface area contributed by atoms with Gasteiger partial charge in [-0.2, -0.15) is 4.31 Å². The topological polar surface area (TPSA) is 69.7 Å². The Morgan fingerprint density at radius 1 is 1.15 bits per heavy atom. The number of nitrogens with zero attached hydrogens (tertiary/aromatic N) is 2. The molecule has 0 saturated carbocycles. The fraction of sp³-hybridized carbons (Fsp3) is 0.706. The SMILES string of the molecule is CC1CCN(S(=O)(=O)c2ccc(C(=O)N3CCNC(C)C3C)s2)CC1.Cl. The molecule has 0 aromatic carbocycles. The molecule has 9 heteroatoms. The Morgan fingerprint density at radius 2 is 1.81 bits per heavy atom. The van der Waals surface area contributed by atoms with Gasteiger partial charge in [-0.25, -0.2) is 8.42 Å². The van der Waals surface area contributed by atoms with Gasteiger partial charge in [0.25, 0.3) is 15.9 Å². The van der Waals surface area contributed by atoms with Gasteiger partial charge in [0, 0.05) is 38.3 Å². The van der Waals surface area contributed by atoms with Crippen LogP contribution >= 0.6 is 23.7 Å². The van der Waals surface area contributed by atoms with Gasteiger partial charge in [0.2, 0.25) is 0 Å². The van der Waals surface area contributed by atoms with E-state index >= 15 is 0 Å². The van der Waals surface area contributed by atoms with Gasteiger partial charge >= 0.3 is 0 Å². The lowest BCUT2D eigenvalue weighted by Crippen LogP contribution is -2.57. The normalized spacial score (nSPS) is 25.7. The summed E-state index contributed by atoms with van der Waals surface area (Å²) in [6, 6.07) is 3.57. The largest absolute Gasteiger partial charge is 0.332 e. The van der Waals surface area contributed by atoms with Gasteiger partial charge in [-0.3, -0.25) is 4.79 Å². The molecule has 3 heterocycles. The lowest BCUT2D eigenvalue weighted by Gasteiger charge is -2.38. The highest BCUT2D eigenvalue weighted by atomic mass is 35.5. The molecule has 0 bridgehead atoms. The van der Waals surface area contributed by atoms with Crippen LogP contribution in [-0.2, 0) is 10.0 Å². The van der Waals surface area contributed by atoms with Crippen LogP contribution in [0, 0.1) is 5.92 Å². The van der Waals surface area contributed by atoms with Crippen molar-refractivity contribution >= 4 is 39.7 Å². The zero-order valence-corrected chi connectivity index (χ0v) is 17.9. The Balaban J connectivity index is 0.00000243. The van der Waals surface area contributed by atoms with Gasteiger partial charge in [-0.05, 0) is 44.7 Å². The fourth-order valence-corrected chi connectivity index (χ4v) is 6.30. The van der Waals surface area contributed by atoms with Crippen molar-refractivity contribution in [2.24, 2.45) is 5.92 Å². The summed E-state index contributed by atoms with van der Waals surface area (Å²) in [6.45, 7) is 8.78. The summed E-state index contributed by atoms with van der Waals surface area (Å²) in [4.78, 5) is 15.2. The van der Waals surface area contributed by atoms with E-state index in [0.717, 1.165) is 30.7 Å². The van der Waals surface area contributed by atoms with Crippen LogP contribution in [0.15, 0.2) is 16.3 Å². The van der Waals surface area contributed by atoms with Crippen LogP contribution in [0.4, 0.5) is 0 Å². The molecular formula is C17H28ClN3O3S2. The van der Waals surface area contributed by atoms with E-state index in [-0.39, 0.29) is 34.6 Å². The summed E-state index contributed by atoms with van der Waals surface area (Å²) < 4.78 is 27.5. The molecule has 2 atom stereocenters. The maximum absolute atomic E-state index is 12.8. The average Bonchev–Trinajstić information content (AvgIpc) is 3.08. The molecule has 2 aliphatic rings. The molecule has 0 aliphatic carbocycles. The minimum atomic E-state index is -3.48. The molecule has 2 fully saturated rings. The summed E-state index contributed by atoms with van der Waals surface area (Å²) in [5.41, 5.74) is 0. The van der Waals surface area contributed by atoms with Crippen molar-refractivity contribution in [3.63, 3.8) is 0 Å². The van der Waals surface area contributed by atoms with E-state index in [1.165, 1.54) is 0 Å². The molecule has 1 N–H and O–H groups in total. The first-order chi connectivity index (χ1) is 11.8. The summed E-state index contributed by atoms with van der Waals surface area (Å²) >= 11 is 1.10. The van der Waals surface area contributed by atoms with Crippen molar-refractivity contribution < 1.29 is 13.2 Å². The molecule has 6 nitrogen and oxygen atoms in total. The van der Waals surface area contributed by atoms with Crippen molar-refractivity contribution in [1.82, 2.24) is 14.5 Å². The van der Waals surface area contributed by atoms with Crippen LogP contribution in [0.2, 0.25) is 0 Å². The summed E-state index contributed by atoms with van der Waals surface area (Å²) in [6.07, 6.45) is 1.79. The molecule has 3 rings (SSSR count). The second-order valence-electron chi connectivity index (χ2n) is 7.19. The number of carbonyl (C=O) groups excluding carboxylic acids is 1. The first-order valence-corrected chi connectivity index (χ1v) is 11.2. The van der Waals surface area contributed by atoms with Crippen LogP contribution in [-0.4, -0.2) is 61.8 Å². The standard InChI is InChI=1S/C17H27N3O3S2.ClH/c1-12-6-9-19(10-7-12)25(22,23)16-5-4-15(24-16)17(21)20-11-8-18-13(2)14(20)3;/h4-5,12-14,18H,6-11H2,1-3H3;1H. The molecule has 148 valence electrons. The third-order valence-corrected chi connectivity index (χ3v) is 8.86. The predicted octanol–water partition coefficient (Wildman–Crippen LogP) is 2.41. The first kappa shape index (κ1) is 21.6. The number of sulfonamides is 1. The smallest absolute Gasteiger partial charge is 0.264 e. The third-order valence-electron chi connectivity index (χ3n) is 5.42. The quantitative estimate of drug-likeness (QED) is 0.813. The van der Waals surface area contributed by atoms with Gasteiger partial charge in [-0.15, -0.1) is 23.7 Å². The lowest BCUT2D eigenvalue weighted by molar-refractivity contribution is 0.0608. The van der Waals surface area contributed by atoms with Crippen molar-refractivity contribution in [2.75, 3.05) is 26.2 Å². The first-order valence-electron chi connectivity index (χ1n) is 8.95. The van der Waals surface area contributed by atoms with Gasteiger partial charge in [0.05, 0.1) is 4.88 Å². The van der Waals surface area contributed by atoms with E-state index in [1.807, 2.05) is 11.8 Å².